The number of amides is 1. The first-order valence-corrected chi connectivity index (χ1v) is 9.94. The van der Waals surface area contributed by atoms with Crippen molar-refractivity contribution in [2.45, 2.75) is 13.3 Å². The number of ether oxygens (including phenoxy) is 3. The molecule has 0 aliphatic rings. The molecule has 0 unspecified atom stereocenters. The van der Waals surface area contributed by atoms with E-state index in [1.165, 1.54) is 6.08 Å². The second kappa shape index (κ2) is 10.9. The maximum atomic E-state index is 12.0. The Morgan fingerprint density at radius 3 is 2.77 bits per heavy atom. The molecule has 0 fully saturated rings. The predicted molar refractivity (Wildman–Crippen MR) is 118 cm³/mol. The molecule has 1 amide bonds. The summed E-state index contributed by atoms with van der Waals surface area (Å²) in [6.07, 6.45) is 5.69. The number of aromatic nitrogens is 1. The smallest absolute Gasteiger partial charge is 0.244 e. The van der Waals surface area contributed by atoms with Crippen LogP contribution < -0.4 is 19.5 Å². The molecule has 0 saturated heterocycles. The van der Waals surface area contributed by atoms with Gasteiger partial charge in [-0.2, -0.15) is 0 Å². The number of nitrogens with one attached hydrogen (secondary N) is 1. The SMILES string of the molecule is CCOc1ccc(/C=C/C(=O)NCCCOc2cccc3cccnc23)cc1OC. The van der Waals surface area contributed by atoms with Gasteiger partial charge in [-0.05, 0) is 49.2 Å². The van der Waals surface area contributed by atoms with Crippen LogP contribution in [0.15, 0.2) is 60.8 Å². The lowest BCUT2D eigenvalue weighted by Crippen LogP contribution is -2.23. The summed E-state index contributed by atoms with van der Waals surface area (Å²) in [5.41, 5.74) is 1.70. The van der Waals surface area contributed by atoms with Crippen LogP contribution in [0.4, 0.5) is 0 Å². The minimum Gasteiger partial charge on any atom is -0.493 e. The summed E-state index contributed by atoms with van der Waals surface area (Å²) in [5, 5.41) is 3.90. The average molecular weight is 406 g/mol. The maximum absolute atomic E-state index is 12.0. The van der Waals surface area contributed by atoms with E-state index in [0.717, 1.165) is 22.2 Å². The summed E-state index contributed by atoms with van der Waals surface area (Å²) in [6.45, 7) is 3.50. The Bertz CT molecular complexity index is 1010. The van der Waals surface area contributed by atoms with Gasteiger partial charge in [0.1, 0.15) is 11.3 Å². The molecule has 0 atom stereocenters. The van der Waals surface area contributed by atoms with Crippen molar-refractivity contribution in [2.24, 2.45) is 0 Å². The molecule has 6 heteroatoms. The van der Waals surface area contributed by atoms with E-state index in [4.69, 9.17) is 14.2 Å². The summed E-state index contributed by atoms with van der Waals surface area (Å²) in [5.74, 6) is 1.92. The quantitative estimate of drug-likeness (QED) is 0.403. The van der Waals surface area contributed by atoms with Crippen LogP contribution in [0.3, 0.4) is 0 Å². The van der Waals surface area contributed by atoms with E-state index >= 15 is 0 Å². The molecule has 6 nitrogen and oxygen atoms in total. The van der Waals surface area contributed by atoms with Gasteiger partial charge in [-0.25, -0.2) is 0 Å². The normalized spacial score (nSPS) is 10.9. The Balaban J connectivity index is 1.43. The van der Waals surface area contributed by atoms with E-state index in [2.05, 4.69) is 10.3 Å². The van der Waals surface area contributed by atoms with Crippen LogP contribution in [0.1, 0.15) is 18.9 Å². The summed E-state index contributed by atoms with van der Waals surface area (Å²) in [6, 6.07) is 15.3. The van der Waals surface area contributed by atoms with E-state index in [1.54, 1.807) is 19.4 Å². The molecule has 1 N–H and O–H groups in total. The van der Waals surface area contributed by atoms with Crippen molar-refractivity contribution in [3.05, 3.63) is 66.4 Å². The first-order valence-electron chi connectivity index (χ1n) is 9.94. The fourth-order valence-electron chi connectivity index (χ4n) is 2.95. The molecule has 0 aliphatic carbocycles. The third-order valence-electron chi connectivity index (χ3n) is 4.39. The van der Waals surface area contributed by atoms with Crippen LogP contribution in [0.2, 0.25) is 0 Å². The number of hydrogen-bond donors (Lipinski definition) is 1. The Morgan fingerprint density at radius 1 is 1.07 bits per heavy atom. The number of para-hydroxylation sites is 1. The van der Waals surface area contributed by atoms with E-state index in [-0.39, 0.29) is 5.91 Å². The average Bonchev–Trinajstić information content (AvgIpc) is 2.78. The van der Waals surface area contributed by atoms with Gasteiger partial charge >= 0.3 is 0 Å². The third kappa shape index (κ3) is 5.73. The van der Waals surface area contributed by atoms with Gasteiger partial charge in [-0.15, -0.1) is 0 Å². The summed E-state index contributed by atoms with van der Waals surface area (Å²) in [7, 11) is 1.59. The molecule has 1 aromatic heterocycles. The summed E-state index contributed by atoms with van der Waals surface area (Å²) in [4.78, 5) is 16.4. The zero-order valence-corrected chi connectivity index (χ0v) is 17.3. The summed E-state index contributed by atoms with van der Waals surface area (Å²) < 4.78 is 16.6. The van der Waals surface area contributed by atoms with Crippen molar-refractivity contribution in [1.29, 1.82) is 0 Å². The van der Waals surface area contributed by atoms with Crippen LogP contribution in [0.5, 0.6) is 17.2 Å². The highest BCUT2D eigenvalue weighted by molar-refractivity contribution is 5.91. The van der Waals surface area contributed by atoms with Crippen LogP contribution in [-0.4, -0.2) is 37.8 Å². The predicted octanol–water partition coefficient (Wildman–Crippen LogP) is 4.24. The van der Waals surface area contributed by atoms with Crippen molar-refractivity contribution < 1.29 is 19.0 Å². The fraction of sp³-hybridized carbons (Fsp3) is 0.250. The second-order valence-corrected chi connectivity index (χ2v) is 6.50. The molecule has 0 radical (unpaired) electrons. The standard InChI is InChI=1S/C24H26N2O4/c1-3-29-20-12-10-18(17-22(20)28-2)11-13-23(27)25-15-6-16-30-21-9-4-7-19-8-5-14-26-24(19)21/h4-5,7-14,17H,3,6,15-16H2,1-2H3,(H,25,27)/b13-11+. The van der Waals surface area contributed by atoms with Crippen molar-refractivity contribution in [3.8, 4) is 17.2 Å². The van der Waals surface area contributed by atoms with E-state index in [1.807, 2.05) is 55.5 Å². The molecule has 0 saturated carbocycles. The molecule has 156 valence electrons. The van der Waals surface area contributed by atoms with Crippen molar-refractivity contribution in [1.82, 2.24) is 10.3 Å². The molecular formula is C24H26N2O4. The van der Waals surface area contributed by atoms with Gasteiger partial charge in [0.2, 0.25) is 5.91 Å². The maximum Gasteiger partial charge on any atom is 0.244 e. The Labute approximate surface area is 176 Å². The van der Waals surface area contributed by atoms with Gasteiger partial charge in [0, 0.05) is 24.2 Å². The highest BCUT2D eigenvalue weighted by atomic mass is 16.5. The third-order valence-corrected chi connectivity index (χ3v) is 4.39. The highest BCUT2D eigenvalue weighted by Crippen LogP contribution is 2.28. The molecule has 1 heterocycles. The molecule has 0 spiro atoms. The monoisotopic (exact) mass is 406 g/mol. The number of carbonyl (C=O) groups excluding carboxylic acids is 1. The molecule has 0 aliphatic heterocycles. The van der Waals surface area contributed by atoms with Crippen molar-refractivity contribution in [2.75, 3.05) is 26.9 Å². The lowest BCUT2D eigenvalue weighted by Gasteiger charge is -2.09. The van der Waals surface area contributed by atoms with E-state index < -0.39 is 0 Å². The highest BCUT2D eigenvalue weighted by Gasteiger charge is 2.05. The van der Waals surface area contributed by atoms with Crippen molar-refractivity contribution in [3.63, 3.8) is 0 Å². The number of nitrogens with zero attached hydrogens (tertiary/aromatic N) is 1. The number of hydrogen-bond acceptors (Lipinski definition) is 5. The zero-order valence-electron chi connectivity index (χ0n) is 17.3. The zero-order chi connectivity index (χ0) is 21.2. The Morgan fingerprint density at radius 2 is 1.93 bits per heavy atom. The number of methoxy groups -OCH3 is 1. The van der Waals surface area contributed by atoms with Gasteiger partial charge in [0.05, 0.1) is 20.3 Å². The molecule has 30 heavy (non-hydrogen) atoms. The topological polar surface area (TPSA) is 69.7 Å². The minimum absolute atomic E-state index is 0.158. The Hall–Kier alpha value is -3.54. The van der Waals surface area contributed by atoms with Crippen LogP contribution in [0, 0.1) is 0 Å². The van der Waals surface area contributed by atoms with Crippen LogP contribution in [0.25, 0.3) is 17.0 Å². The molecular weight excluding hydrogens is 380 g/mol. The first-order chi connectivity index (χ1) is 14.7. The van der Waals surface area contributed by atoms with E-state index in [9.17, 15) is 4.79 Å². The van der Waals surface area contributed by atoms with Gasteiger partial charge < -0.3 is 19.5 Å². The minimum atomic E-state index is -0.158. The van der Waals surface area contributed by atoms with Gasteiger partial charge in [-0.1, -0.05) is 24.3 Å². The van der Waals surface area contributed by atoms with Crippen LogP contribution in [-0.2, 0) is 4.79 Å². The summed E-state index contributed by atoms with van der Waals surface area (Å²) >= 11 is 0. The second-order valence-electron chi connectivity index (χ2n) is 6.50. The number of benzene rings is 2. The van der Waals surface area contributed by atoms with Crippen LogP contribution >= 0.6 is 0 Å². The number of rotatable bonds is 10. The fourth-order valence-corrected chi connectivity index (χ4v) is 2.95. The van der Waals surface area contributed by atoms with E-state index in [0.29, 0.717) is 37.7 Å². The van der Waals surface area contributed by atoms with Gasteiger partial charge in [-0.3, -0.25) is 9.78 Å². The lowest BCUT2D eigenvalue weighted by atomic mass is 10.2. The lowest BCUT2D eigenvalue weighted by molar-refractivity contribution is -0.116. The molecule has 2 aromatic carbocycles. The number of fused-ring (bicyclic) bond motifs is 1. The van der Waals surface area contributed by atoms with Gasteiger partial charge in [0.25, 0.3) is 0 Å². The van der Waals surface area contributed by atoms with Gasteiger partial charge in [0.15, 0.2) is 11.5 Å². The number of carbonyl (C=O) groups is 1. The number of pyridine rings is 1. The molecule has 3 rings (SSSR count). The largest absolute Gasteiger partial charge is 0.493 e. The molecule has 3 aromatic rings. The first kappa shape index (κ1) is 21.2. The Kier molecular flexibility index (Phi) is 7.66. The van der Waals surface area contributed by atoms with Crippen molar-refractivity contribution >= 4 is 22.9 Å². The molecule has 0 bridgehead atoms.